The minimum atomic E-state index is -1.09. The molecule has 2 heteroatoms. The molecule has 0 rings (SSSR count). The van der Waals surface area contributed by atoms with E-state index >= 15 is 0 Å². The summed E-state index contributed by atoms with van der Waals surface area (Å²) in [6.45, 7) is 4.55. The number of hydrogen-bond donors (Lipinski definition) is 0. The van der Waals surface area contributed by atoms with Gasteiger partial charge in [-0.25, -0.2) is 0 Å². The van der Waals surface area contributed by atoms with Crippen LogP contribution in [-0.4, -0.2) is 13.4 Å². The third-order valence-corrected chi connectivity index (χ3v) is 8.83. The minimum absolute atomic E-state index is 1.09. The van der Waals surface area contributed by atoms with Crippen LogP contribution in [0.4, 0.5) is 0 Å². The molecular weight excluding hydrogens is 276 g/mol. The van der Waals surface area contributed by atoms with Gasteiger partial charge in [-0.15, -0.1) is 0 Å². The van der Waals surface area contributed by atoms with Crippen LogP contribution < -0.4 is 0 Å². The van der Waals surface area contributed by atoms with Crippen LogP contribution in [0, 0.1) is 0 Å². The van der Waals surface area contributed by atoms with Crippen molar-refractivity contribution >= 4 is 23.4 Å². The van der Waals surface area contributed by atoms with Crippen LogP contribution in [0.1, 0.15) is 78.1 Å². The summed E-state index contributed by atoms with van der Waals surface area (Å²) in [5.41, 5.74) is 0. The van der Waals surface area contributed by atoms with Gasteiger partial charge in [0, 0.05) is 0 Å². The molecule has 0 bridgehead atoms. The van der Waals surface area contributed by atoms with Crippen molar-refractivity contribution in [3.63, 3.8) is 0 Å². The normalized spacial score (nSPS) is 11.2. The zero-order valence-corrected chi connectivity index (χ0v) is 14.2. The Hall–Kier alpha value is 0.833. The Morgan fingerprint density at radius 3 is 1.38 bits per heavy atom. The molecule has 0 spiro atoms. The van der Waals surface area contributed by atoms with Gasteiger partial charge in [0.15, 0.2) is 0 Å². The second-order valence-corrected chi connectivity index (χ2v) is 11.9. The SMILES string of the molecule is CCCCCC[CH2][Ge]([Cl])[CH2]CCCCCC. The van der Waals surface area contributed by atoms with Gasteiger partial charge in [-0.3, -0.25) is 0 Å². The molecule has 0 saturated heterocycles. The summed E-state index contributed by atoms with van der Waals surface area (Å²) in [5.74, 6) is 0. The van der Waals surface area contributed by atoms with Gasteiger partial charge < -0.3 is 0 Å². The van der Waals surface area contributed by atoms with E-state index in [0.717, 1.165) is 0 Å². The molecule has 0 saturated carbocycles. The quantitative estimate of drug-likeness (QED) is 0.299. The van der Waals surface area contributed by atoms with E-state index < -0.39 is 13.4 Å². The fourth-order valence-corrected chi connectivity index (χ4v) is 6.54. The molecule has 0 heterocycles. The zero-order chi connectivity index (χ0) is 12.1. The second-order valence-electron chi connectivity index (χ2n) is 4.85. The topological polar surface area (TPSA) is 0 Å². The first-order chi connectivity index (χ1) is 7.81. The van der Waals surface area contributed by atoms with Crippen molar-refractivity contribution in [1.82, 2.24) is 0 Å². The van der Waals surface area contributed by atoms with Crippen molar-refractivity contribution < 1.29 is 0 Å². The van der Waals surface area contributed by atoms with Crippen LogP contribution in [0.3, 0.4) is 0 Å². The van der Waals surface area contributed by atoms with Crippen LogP contribution in [-0.2, 0) is 0 Å². The molecule has 0 atom stereocenters. The van der Waals surface area contributed by atoms with Crippen molar-refractivity contribution in [3.05, 3.63) is 0 Å². The number of unbranched alkanes of at least 4 members (excludes halogenated alkanes) is 8. The van der Waals surface area contributed by atoms with Crippen LogP contribution in [0.5, 0.6) is 0 Å². The standard InChI is InChI=1S/C14H30ClGe/c1-3-5-7-9-11-13-16(15)14-12-10-8-6-4-2/h3-14H2,1-2H3. The predicted molar refractivity (Wildman–Crippen MR) is 78.7 cm³/mol. The summed E-state index contributed by atoms with van der Waals surface area (Å²) < 4.78 is 0. The monoisotopic (exact) mass is 307 g/mol. The van der Waals surface area contributed by atoms with Crippen molar-refractivity contribution in [2.45, 2.75) is 88.6 Å². The van der Waals surface area contributed by atoms with Crippen LogP contribution in [0.2, 0.25) is 10.5 Å². The van der Waals surface area contributed by atoms with Crippen molar-refractivity contribution in [1.29, 1.82) is 0 Å². The fraction of sp³-hybridized carbons (Fsp3) is 1.00. The molecule has 0 aliphatic rings. The van der Waals surface area contributed by atoms with Gasteiger partial charge in [0.1, 0.15) is 0 Å². The van der Waals surface area contributed by atoms with Gasteiger partial charge in [0.05, 0.1) is 0 Å². The Morgan fingerprint density at radius 2 is 1.00 bits per heavy atom. The molecule has 16 heavy (non-hydrogen) atoms. The van der Waals surface area contributed by atoms with Crippen LogP contribution in [0.25, 0.3) is 0 Å². The first-order valence-corrected chi connectivity index (χ1v) is 13.0. The van der Waals surface area contributed by atoms with Crippen molar-refractivity contribution in [3.8, 4) is 0 Å². The van der Waals surface area contributed by atoms with Gasteiger partial charge in [-0.2, -0.15) is 0 Å². The average molecular weight is 306 g/mol. The molecule has 0 fully saturated rings. The summed E-state index contributed by atoms with van der Waals surface area (Å²) in [5, 5.41) is 2.80. The van der Waals surface area contributed by atoms with E-state index in [1.165, 1.54) is 74.7 Å². The first kappa shape index (κ1) is 16.8. The van der Waals surface area contributed by atoms with E-state index in [-0.39, 0.29) is 0 Å². The van der Waals surface area contributed by atoms with Gasteiger partial charge in [-0.05, 0) is 0 Å². The Labute approximate surface area is 112 Å². The first-order valence-electron chi connectivity index (χ1n) is 7.31. The zero-order valence-electron chi connectivity index (χ0n) is 11.4. The summed E-state index contributed by atoms with van der Waals surface area (Å²) >= 11 is -1.09. The predicted octanol–water partition coefficient (Wildman–Crippen LogP) is 6.16. The Kier molecular flexibility index (Phi) is 14.6. The molecule has 0 N–H and O–H groups in total. The number of hydrogen-bond acceptors (Lipinski definition) is 0. The molecular formula is C14H30ClGe. The molecule has 0 aromatic rings. The average Bonchev–Trinajstić information content (AvgIpc) is 2.28. The summed E-state index contributed by atoms with van der Waals surface area (Å²) in [6, 6.07) is 0. The van der Waals surface area contributed by atoms with E-state index in [1.54, 1.807) is 0 Å². The molecule has 0 aromatic carbocycles. The molecule has 0 aromatic heterocycles. The molecule has 1 radical (unpaired) electrons. The Balaban J connectivity index is 3.09. The molecule has 0 amide bonds. The second kappa shape index (κ2) is 13.9. The van der Waals surface area contributed by atoms with E-state index in [0.29, 0.717) is 0 Å². The third-order valence-electron chi connectivity index (χ3n) is 3.10. The third kappa shape index (κ3) is 12.9. The summed E-state index contributed by atoms with van der Waals surface area (Å²) in [7, 11) is 6.47. The molecule has 0 aliphatic heterocycles. The summed E-state index contributed by atoms with van der Waals surface area (Å²) in [4.78, 5) is 0. The van der Waals surface area contributed by atoms with E-state index in [1.807, 2.05) is 0 Å². The van der Waals surface area contributed by atoms with Crippen molar-refractivity contribution in [2.75, 3.05) is 0 Å². The fourth-order valence-electron chi connectivity index (χ4n) is 1.97. The summed E-state index contributed by atoms with van der Waals surface area (Å²) in [6.07, 6.45) is 14.0. The van der Waals surface area contributed by atoms with Crippen LogP contribution in [0.15, 0.2) is 0 Å². The Bertz CT molecular complexity index is 114. The molecule has 0 nitrogen and oxygen atoms in total. The van der Waals surface area contributed by atoms with E-state index in [2.05, 4.69) is 13.8 Å². The number of halogens is 1. The molecule has 0 aliphatic carbocycles. The van der Waals surface area contributed by atoms with E-state index in [9.17, 15) is 0 Å². The van der Waals surface area contributed by atoms with Gasteiger partial charge in [-0.1, -0.05) is 0 Å². The molecule has 0 unspecified atom stereocenters. The maximum atomic E-state index is 6.47. The molecule has 97 valence electrons. The van der Waals surface area contributed by atoms with Gasteiger partial charge >= 0.3 is 112 Å². The van der Waals surface area contributed by atoms with Gasteiger partial charge in [0.25, 0.3) is 0 Å². The van der Waals surface area contributed by atoms with Crippen molar-refractivity contribution in [2.24, 2.45) is 0 Å². The van der Waals surface area contributed by atoms with Crippen LogP contribution >= 0.6 is 10.0 Å². The van der Waals surface area contributed by atoms with E-state index in [4.69, 9.17) is 10.0 Å². The maximum absolute atomic E-state index is 6.47. The van der Waals surface area contributed by atoms with Gasteiger partial charge in [0.2, 0.25) is 0 Å². The number of rotatable bonds is 12. The Morgan fingerprint density at radius 1 is 0.625 bits per heavy atom.